The van der Waals surface area contributed by atoms with Crippen LogP contribution in [0.2, 0.25) is 0 Å². The lowest BCUT2D eigenvalue weighted by Crippen LogP contribution is -2.13. The summed E-state index contributed by atoms with van der Waals surface area (Å²) in [6, 6.07) is 7.88. The molecule has 0 unspecified atom stereocenters. The molecular formula is C25H24Cl2F2O4S. The van der Waals surface area contributed by atoms with Gasteiger partial charge in [-0.25, -0.2) is 4.79 Å². The number of ether oxygens (including phenoxy) is 3. The lowest BCUT2D eigenvalue weighted by Gasteiger charge is -2.22. The zero-order valence-corrected chi connectivity index (χ0v) is 20.8. The SMILES string of the molecule is C=C/C(Cl)=C(C[C@H](OC(=O)c1cccs1)c1ccc(OC(F)F)c(OCC2CC2)c1)\C(Cl)=C/C. The average molecular weight is 529 g/mol. The fraction of sp³-hybridized carbons (Fsp3) is 0.320. The molecule has 0 saturated heterocycles. The summed E-state index contributed by atoms with van der Waals surface area (Å²) in [4.78, 5) is 13.2. The van der Waals surface area contributed by atoms with Crippen molar-refractivity contribution >= 4 is 40.5 Å². The molecule has 0 amide bonds. The molecule has 3 rings (SSSR count). The lowest BCUT2D eigenvalue weighted by atomic mass is 9.99. The predicted octanol–water partition coefficient (Wildman–Crippen LogP) is 8.25. The van der Waals surface area contributed by atoms with E-state index >= 15 is 0 Å². The van der Waals surface area contributed by atoms with Gasteiger partial charge in [0, 0.05) is 16.5 Å². The molecule has 1 aromatic heterocycles. The molecule has 1 heterocycles. The lowest BCUT2D eigenvalue weighted by molar-refractivity contribution is -0.0515. The van der Waals surface area contributed by atoms with Crippen molar-refractivity contribution in [3.05, 3.63) is 80.5 Å². The van der Waals surface area contributed by atoms with Gasteiger partial charge in [0.05, 0.1) is 6.61 Å². The van der Waals surface area contributed by atoms with Gasteiger partial charge in [0.2, 0.25) is 0 Å². The van der Waals surface area contributed by atoms with E-state index in [2.05, 4.69) is 11.3 Å². The van der Waals surface area contributed by atoms with Crippen LogP contribution in [0.5, 0.6) is 11.5 Å². The molecular weight excluding hydrogens is 505 g/mol. The minimum atomic E-state index is -3.00. The van der Waals surface area contributed by atoms with Crippen LogP contribution >= 0.6 is 34.5 Å². The van der Waals surface area contributed by atoms with Crippen molar-refractivity contribution in [2.24, 2.45) is 5.92 Å². The van der Waals surface area contributed by atoms with Crippen LogP contribution in [0, 0.1) is 5.92 Å². The van der Waals surface area contributed by atoms with Gasteiger partial charge in [-0.15, -0.1) is 11.3 Å². The molecule has 1 aromatic carbocycles. The van der Waals surface area contributed by atoms with Crippen LogP contribution in [0.4, 0.5) is 8.78 Å². The third kappa shape index (κ3) is 7.32. The zero-order chi connectivity index (χ0) is 24.7. The van der Waals surface area contributed by atoms with Crippen molar-refractivity contribution in [1.29, 1.82) is 0 Å². The van der Waals surface area contributed by atoms with E-state index in [0.29, 0.717) is 38.6 Å². The first kappa shape index (κ1) is 26.3. The quantitative estimate of drug-likeness (QED) is 0.205. The number of carbonyl (C=O) groups is 1. The van der Waals surface area contributed by atoms with Crippen LogP contribution < -0.4 is 9.47 Å². The highest BCUT2D eigenvalue weighted by atomic mass is 35.5. The maximum absolute atomic E-state index is 12.9. The van der Waals surface area contributed by atoms with Crippen LogP contribution in [0.1, 0.15) is 47.5 Å². The first-order valence-electron chi connectivity index (χ1n) is 10.6. The van der Waals surface area contributed by atoms with E-state index in [1.807, 2.05) is 0 Å². The maximum Gasteiger partial charge on any atom is 0.387 e. The highest BCUT2D eigenvalue weighted by molar-refractivity contribution is 7.11. The third-order valence-electron chi connectivity index (χ3n) is 5.10. The summed E-state index contributed by atoms with van der Waals surface area (Å²) in [6.07, 6.45) is 4.47. The summed E-state index contributed by atoms with van der Waals surface area (Å²) >= 11 is 14.0. The Balaban J connectivity index is 1.98. The summed E-state index contributed by atoms with van der Waals surface area (Å²) in [5.74, 6) is -0.0718. The number of hydrogen-bond donors (Lipinski definition) is 0. The van der Waals surface area contributed by atoms with Crippen molar-refractivity contribution in [2.45, 2.75) is 38.9 Å². The van der Waals surface area contributed by atoms with E-state index in [1.165, 1.54) is 23.5 Å². The van der Waals surface area contributed by atoms with Gasteiger partial charge in [0.15, 0.2) is 11.5 Å². The number of esters is 1. The van der Waals surface area contributed by atoms with Crippen LogP contribution in [0.15, 0.2) is 70.1 Å². The fourth-order valence-electron chi connectivity index (χ4n) is 3.12. The monoisotopic (exact) mass is 528 g/mol. The number of carbonyl (C=O) groups excluding carboxylic acids is 1. The maximum atomic E-state index is 12.9. The van der Waals surface area contributed by atoms with Gasteiger partial charge >= 0.3 is 12.6 Å². The Hall–Kier alpha value is -2.35. The van der Waals surface area contributed by atoms with Gasteiger partial charge in [0.25, 0.3) is 0 Å². The summed E-state index contributed by atoms with van der Waals surface area (Å²) in [5.41, 5.74) is 1.04. The van der Waals surface area contributed by atoms with E-state index in [-0.39, 0.29) is 17.9 Å². The predicted molar refractivity (Wildman–Crippen MR) is 131 cm³/mol. The summed E-state index contributed by atoms with van der Waals surface area (Å²) in [7, 11) is 0. The Labute approximate surface area is 211 Å². The molecule has 0 radical (unpaired) electrons. The largest absolute Gasteiger partial charge is 0.489 e. The molecule has 182 valence electrons. The molecule has 1 atom stereocenters. The normalized spacial score (nSPS) is 15.5. The van der Waals surface area contributed by atoms with Gasteiger partial charge < -0.3 is 14.2 Å². The van der Waals surface area contributed by atoms with E-state index in [4.69, 9.17) is 32.7 Å². The van der Waals surface area contributed by atoms with Crippen molar-refractivity contribution in [2.75, 3.05) is 6.61 Å². The number of thiophene rings is 1. The van der Waals surface area contributed by atoms with Gasteiger partial charge in [-0.3, -0.25) is 0 Å². The van der Waals surface area contributed by atoms with Gasteiger partial charge in [-0.1, -0.05) is 54.1 Å². The number of benzene rings is 1. The molecule has 0 bridgehead atoms. The Kier molecular flexibility index (Phi) is 9.56. The minimum absolute atomic E-state index is 0.0888. The minimum Gasteiger partial charge on any atom is -0.489 e. The number of allylic oxidation sites excluding steroid dienone is 4. The Bertz CT molecular complexity index is 1060. The summed E-state index contributed by atoms with van der Waals surface area (Å²) in [5, 5.41) is 2.45. The molecule has 34 heavy (non-hydrogen) atoms. The van der Waals surface area contributed by atoms with E-state index in [1.54, 1.807) is 42.6 Å². The molecule has 0 spiro atoms. The summed E-state index contributed by atoms with van der Waals surface area (Å²) < 4.78 is 42.1. The van der Waals surface area contributed by atoms with E-state index in [9.17, 15) is 13.6 Å². The Morgan fingerprint density at radius 1 is 1.26 bits per heavy atom. The van der Waals surface area contributed by atoms with Crippen molar-refractivity contribution < 1.29 is 27.8 Å². The van der Waals surface area contributed by atoms with E-state index < -0.39 is 18.7 Å². The number of halogens is 4. The van der Waals surface area contributed by atoms with Gasteiger partial charge in [-0.05, 0) is 60.4 Å². The summed E-state index contributed by atoms with van der Waals surface area (Å²) in [6.45, 7) is 2.83. The topological polar surface area (TPSA) is 44.8 Å². The second-order valence-electron chi connectivity index (χ2n) is 7.58. The molecule has 1 aliphatic rings. The molecule has 0 N–H and O–H groups in total. The Morgan fingerprint density at radius 3 is 2.62 bits per heavy atom. The molecule has 1 aliphatic carbocycles. The van der Waals surface area contributed by atoms with Gasteiger partial charge in [-0.2, -0.15) is 8.78 Å². The molecule has 1 saturated carbocycles. The second kappa shape index (κ2) is 12.4. The average Bonchev–Trinajstić information content (AvgIpc) is 3.49. The highest BCUT2D eigenvalue weighted by Gasteiger charge is 2.26. The standard InChI is InChI=1S/C25H24Cl2F2O4S/c1-3-18(26)17(19(27)4-2)13-21(32-24(30)23-6-5-11-34-23)16-9-10-20(33-25(28)29)22(12-16)31-14-15-7-8-15/h3-6,9-12,15,21,25H,1,7-8,13-14H2,2H3/b18-17+,19-4+/t21-/m0/s1. The van der Waals surface area contributed by atoms with Crippen LogP contribution in [-0.2, 0) is 4.74 Å². The third-order valence-corrected chi connectivity index (χ3v) is 6.78. The molecule has 4 nitrogen and oxygen atoms in total. The van der Waals surface area contributed by atoms with Crippen LogP contribution in [-0.4, -0.2) is 19.2 Å². The fourth-order valence-corrected chi connectivity index (χ4v) is 4.14. The zero-order valence-electron chi connectivity index (χ0n) is 18.4. The molecule has 9 heteroatoms. The molecule has 0 aliphatic heterocycles. The number of rotatable bonds is 12. The van der Waals surface area contributed by atoms with Crippen molar-refractivity contribution in [1.82, 2.24) is 0 Å². The highest BCUT2D eigenvalue weighted by Crippen LogP contribution is 2.39. The van der Waals surface area contributed by atoms with Crippen molar-refractivity contribution in [3.8, 4) is 11.5 Å². The first-order valence-corrected chi connectivity index (χ1v) is 12.2. The molecule has 1 fully saturated rings. The van der Waals surface area contributed by atoms with Crippen molar-refractivity contribution in [3.63, 3.8) is 0 Å². The second-order valence-corrected chi connectivity index (χ2v) is 9.34. The van der Waals surface area contributed by atoms with Gasteiger partial charge in [0.1, 0.15) is 11.0 Å². The smallest absolute Gasteiger partial charge is 0.387 e. The number of alkyl halides is 2. The van der Waals surface area contributed by atoms with E-state index in [0.717, 1.165) is 12.8 Å². The first-order chi connectivity index (χ1) is 16.3. The number of hydrogen-bond acceptors (Lipinski definition) is 5. The van der Waals surface area contributed by atoms with Crippen LogP contribution in [0.25, 0.3) is 0 Å². The Morgan fingerprint density at radius 2 is 2.03 bits per heavy atom. The van der Waals surface area contributed by atoms with Crippen LogP contribution in [0.3, 0.4) is 0 Å². The molecule has 2 aromatic rings.